The van der Waals surface area contributed by atoms with Gasteiger partial charge in [-0.3, -0.25) is 43.3 Å². The molecule has 0 radical (unpaired) electrons. The quantitative estimate of drug-likeness (QED) is 0.0467. The summed E-state index contributed by atoms with van der Waals surface area (Å²) >= 11 is 0. The molecular formula is C28H37N6O9P. The summed E-state index contributed by atoms with van der Waals surface area (Å²) in [5.74, 6) is -3.54. The number of ether oxygens (including phenoxy) is 1. The highest BCUT2D eigenvalue weighted by Gasteiger charge is 2.23. The molecule has 238 valence electrons. The fourth-order valence-corrected chi connectivity index (χ4v) is 3.95. The van der Waals surface area contributed by atoms with Gasteiger partial charge in [0, 0.05) is 31.5 Å². The molecule has 1 aliphatic rings. The van der Waals surface area contributed by atoms with Gasteiger partial charge in [-0.05, 0) is 18.4 Å². The molecule has 0 aliphatic carbocycles. The summed E-state index contributed by atoms with van der Waals surface area (Å²) in [5.41, 5.74) is 0.456. The van der Waals surface area contributed by atoms with E-state index in [0.717, 1.165) is 10.5 Å². The van der Waals surface area contributed by atoms with Gasteiger partial charge in [0.2, 0.25) is 29.5 Å². The van der Waals surface area contributed by atoms with E-state index in [9.17, 15) is 38.4 Å². The van der Waals surface area contributed by atoms with Crippen LogP contribution in [-0.2, 0) is 49.5 Å². The summed E-state index contributed by atoms with van der Waals surface area (Å²) in [7, 11) is 1.94. The van der Waals surface area contributed by atoms with E-state index >= 15 is 0 Å². The van der Waals surface area contributed by atoms with Gasteiger partial charge in [0.1, 0.15) is 19.4 Å². The van der Waals surface area contributed by atoms with Crippen molar-refractivity contribution in [3.63, 3.8) is 0 Å². The van der Waals surface area contributed by atoms with Crippen molar-refractivity contribution in [3.8, 4) is 0 Å². The van der Waals surface area contributed by atoms with E-state index in [4.69, 9.17) is 4.74 Å². The number of hydrogen-bond acceptors (Lipinski definition) is 9. The normalized spacial score (nSPS) is 12.8. The molecule has 7 amide bonds. The Labute approximate surface area is 256 Å². The molecule has 0 fully saturated rings. The lowest BCUT2D eigenvalue weighted by atomic mass is 10.1. The number of benzene rings is 1. The standard InChI is InChI=1S/C28H37N6O9P/c35-21(9-5-2-6-12-34-25(39)10-11-26(34)40)29-14-22(36)30-16-24(38)33-20(13-19-7-3-1-4-8-19)28(42)31-15-23(37)32-18-43-17-27(41)44/h1,3-4,7-8,10-11,20H,2,5-6,9,12-18,44H2,(H,29,35)(H,30,36)(H,31,42)(H,32,37)(H,33,38). The Morgan fingerprint density at radius 1 is 0.750 bits per heavy atom. The second-order valence-electron chi connectivity index (χ2n) is 9.61. The highest BCUT2D eigenvalue weighted by atomic mass is 31.0. The van der Waals surface area contributed by atoms with Gasteiger partial charge in [-0.2, -0.15) is 0 Å². The van der Waals surface area contributed by atoms with E-state index in [1.54, 1.807) is 30.3 Å². The first-order valence-electron chi connectivity index (χ1n) is 13.9. The van der Waals surface area contributed by atoms with Gasteiger partial charge in [0.05, 0.1) is 19.6 Å². The second kappa shape index (κ2) is 19.7. The molecular weight excluding hydrogens is 595 g/mol. The average Bonchev–Trinajstić information content (AvgIpc) is 3.32. The molecule has 0 saturated heterocycles. The van der Waals surface area contributed by atoms with Crippen LogP contribution in [0.5, 0.6) is 0 Å². The zero-order chi connectivity index (χ0) is 32.3. The summed E-state index contributed by atoms with van der Waals surface area (Å²) in [6, 6.07) is 7.80. The summed E-state index contributed by atoms with van der Waals surface area (Å²) in [6.07, 6.45) is 4.35. The van der Waals surface area contributed by atoms with Gasteiger partial charge >= 0.3 is 0 Å². The van der Waals surface area contributed by atoms with Crippen molar-refractivity contribution >= 4 is 56.1 Å². The SMILES string of the molecule is O=C(P)COCNC(=O)CNC(=O)C(Cc1ccccc1)NC(=O)CNC(=O)CNC(=O)CCCCCN1C(=O)C=CC1=O. The highest BCUT2D eigenvalue weighted by Crippen LogP contribution is 2.08. The second-order valence-corrected chi connectivity index (χ2v) is 10.3. The number of amides is 7. The lowest BCUT2D eigenvalue weighted by Crippen LogP contribution is -2.52. The van der Waals surface area contributed by atoms with Crippen molar-refractivity contribution in [3.05, 3.63) is 48.0 Å². The topological polar surface area (TPSA) is 209 Å². The molecule has 1 aliphatic heterocycles. The van der Waals surface area contributed by atoms with Gasteiger partial charge in [-0.15, -0.1) is 0 Å². The highest BCUT2D eigenvalue weighted by molar-refractivity contribution is 7.40. The van der Waals surface area contributed by atoms with Crippen LogP contribution in [0.1, 0.15) is 31.2 Å². The molecule has 44 heavy (non-hydrogen) atoms. The molecule has 1 heterocycles. The molecule has 15 nitrogen and oxygen atoms in total. The van der Waals surface area contributed by atoms with Crippen molar-refractivity contribution in [2.45, 2.75) is 38.1 Å². The third kappa shape index (κ3) is 14.6. The van der Waals surface area contributed by atoms with Gasteiger partial charge in [0.25, 0.3) is 11.8 Å². The minimum absolute atomic E-state index is 0.116. The predicted octanol–water partition coefficient (Wildman–Crippen LogP) is -1.96. The van der Waals surface area contributed by atoms with Gasteiger partial charge < -0.3 is 31.3 Å². The van der Waals surface area contributed by atoms with Crippen LogP contribution < -0.4 is 26.6 Å². The van der Waals surface area contributed by atoms with Crippen LogP contribution in [0.2, 0.25) is 0 Å². The molecule has 0 aromatic heterocycles. The fourth-order valence-electron chi connectivity index (χ4n) is 3.83. The third-order valence-electron chi connectivity index (χ3n) is 6.05. The van der Waals surface area contributed by atoms with E-state index < -0.39 is 42.8 Å². The van der Waals surface area contributed by atoms with Crippen LogP contribution in [-0.4, -0.2) is 97.3 Å². The number of rotatable bonds is 20. The molecule has 2 atom stereocenters. The first kappa shape index (κ1) is 35.7. The molecule has 1 aromatic rings. The number of hydrogen-bond donors (Lipinski definition) is 5. The minimum atomic E-state index is -1.06. The van der Waals surface area contributed by atoms with Crippen molar-refractivity contribution in [1.29, 1.82) is 0 Å². The van der Waals surface area contributed by atoms with Crippen molar-refractivity contribution in [2.75, 3.05) is 39.5 Å². The Balaban J connectivity index is 1.69. The van der Waals surface area contributed by atoms with Crippen LogP contribution >= 0.6 is 9.24 Å². The molecule has 0 saturated carbocycles. The zero-order valence-corrected chi connectivity index (χ0v) is 25.3. The molecule has 16 heteroatoms. The minimum Gasteiger partial charge on any atom is -0.353 e. The molecule has 5 N–H and O–H groups in total. The van der Waals surface area contributed by atoms with Crippen LogP contribution in [0.15, 0.2) is 42.5 Å². The van der Waals surface area contributed by atoms with E-state index in [1.165, 1.54) is 12.2 Å². The molecule has 1 aromatic carbocycles. The van der Waals surface area contributed by atoms with Gasteiger partial charge in [-0.25, -0.2) is 0 Å². The first-order chi connectivity index (χ1) is 21.0. The van der Waals surface area contributed by atoms with Crippen molar-refractivity contribution in [1.82, 2.24) is 31.5 Å². The van der Waals surface area contributed by atoms with Crippen molar-refractivity contribution < 1.29 is 43.1 Å². The van der Waals surface area contributed by atoms with Crippen LogP contribution in [0.3, 0.4) is 0 Å². The molecule has 0 bridgehead atoms. The predicted molar refractivity (Wildman–Crippen MR) is 159 cm³/mol. The summed E-state index contributed by atoms with van der Waals surface area (Å²) in [6.45, 7) is -1.35. The van der Waals surface area contributed by atoms with Gasteiger partial charge in [0.15, 0.2) is 5.52 Å². The Kier molecular flexibility index (Phi) is 15.9. The number of nitrogens with one attached hydrogen (secondary N) is 5. The average molecular weight is 633 g/mol. The van der Waals surface area contributed by atoms with E-state index in [2.05, 4.69) is 26.6 Å². The third-order valence-corrected chi connectivity index (χ3v) is 6.22. The largest absolute Gasteiger partial charge is 0.353 e. The van der Waals surface area contributed by atoms with Crippen LogP contribution in [0.4, 0.5) is 0 Å². The Bertz CT molecular complexity index is 1220. The van der Waals surface area contributed by atoms with Gasteiger partial charge in [-0.1, -0.05) is 46.0 Å². The van der Waals surface area contributed by atoms with E-state index in [-0.39, 0.29) is 62.5 Å². The molecule has 2 rings (SSSR count). The van der Waals surface area contributed by atoms with E-state index in [0.29, 0.717) is 19.3 Å². The van der Waals surface area contributed by atoms with Crippen LogP contribution in [0, 0.1) is 0 Å². The van der Waals surface area contributed by atoms with Crippen LogP contribution in [0.25, 0.3) is 0 Å². The maximum atomic E-state index is 12.8. The number of imide groups is 1. The number of carbonyl (C=O) groups is 8. The summed E-state index contributed by atoms with van der Waals surface area (Å²) < 4.78 is 4.92. The first-order valence-corrected chi connectivity index (χ1v) is 14.4. The zero-order valence-electron chi connectivity index (χ0n) is 24.1. The Morgan fingerprint density at radius 3 is 2.05 bits per heavy atom. The molecule has 0 spiro atoms. The fraction of sp³-hybridized carbons (Fsp3) is 0.429. The lowest BCUT2D eigenvalue weighted by Gasteiger charge is -2.19. The summed E-state index contributed by atoms with van der Waals surface area (Å²) in [4.78, 5) is 96.4. The number of unbranched alkanes of at least 4 members (excludes halogenated alkanes) is 2. The van der Waals surface area contributed by atoms with Crippen molar-refractivity contribution in [2.24, 2.45) is 0 Å². The summed E-state index contributed by atoms with van der Waals surface area (Å²) in [5, 5.41) is 12.2. The number of carbonyl (C=O) groups excluding carboxylic acids is 8. The monoisotopic (exact) mass is 632 g/mol. The maximum absolute atomic E-state index is 12.8. The Hall–Kier alpha value is -4.49. The number of nitrogens with zero attached hydrogens (tertiary/aromatic N) is 1. The lowest BCUT2D eigenvalue weighted by molar-refractivity contribution is -0.137. The Morgan fingerprint density at radius 2 is 1.36 bits per heavy atom. The van der Waals surface area contributed by atoms with E-state index in [1.807, 2.05) is 9.24 Å². The maximum Gasteiger partial charge on any atom is 0.253 e. The molecule has 2 unspecified atom stereocenters. The smallest absolute Gasteiger partial charge is 0.253 e.